The van der Waals surface area contributed by atoms with E-state index in [-0.39, 0.29) is 17.6 Å². The largest absolute Gasteiger partial charge is 0.508 e. The summed E-state index contributed by atoms with van der Waals surface area (Å²) in [6, 6.07) is 6.18. The van der Waals surface area contributed by atoms with Crippen molar-refractivity contribution in [2.75, 3.05) is 4.90 Å². The number of hydrogen-bond acceptors (Lipinski definition) is 5. The molecule has 2 aromatic heterocycles. The minimum atomic E-state index is -0.313. The number of amides is 2. The van der Waals surface area contributed by atoms with E-state index in [9.17, 15) is 14.7 Å². The molecule has 0 bridgehead atoms. The predicted molar refractivity (Wildman–Crippen MR) is 124 cm³/mol. The summed E-state index contributed by atoms with van der Waals surface area (Å²) >= 11 is 3.30. The van der Waals surface area contributed by atoms with Crippen LogP contribution in [0.1, 0.15) is 41.8 Å². The number of thiophene rings is 2. The number of hydrogen-bond donors (Lipinski definition) is 1. The molecular weight excluding hydrogens is 414 g/mol. The number of carbonyl (C=O) groups excluding carboxylic acids is 2. The first-order chi connectivity index (χ1) is 14.1. The number of anilines is 1. The van der Waals surface area contributed by atoms with Gasteiger partial charge in [-0.1, -0.05) is 0 Å². The van der Waals surface area contributed by atoms with Crippen LogP contribution in [-0.4, -0.2) is 16.9 Å². The Morgan fingerprint density at radius 3 is 1.40 bits per heavy atom. The molecule has 3 heterocycles. The molecule has 0 spiro atoms. The molecule has 0 saturated heterocycles. The Morgan fingerprint density at radius 1 is 0.667 bits per heavy atom. The summed E-state index contributed by atoms with van der Waals surface area (Å²) < 4.78 is 0. The zero-order chi connectivity index (χ0) is 21.9. The summed E-state index contributed by atoms with van der Waals surface area (Å²) in [5.74, 6) is -0.536. The lowest BCUT2D eigenvalue weighted by atomic mass is 9.92. The minimum absolute atomic E-state index is 0.0894. The molecule has 1 aliphatic heterocycles. The van der Waals surface area contributed by atoms with Crippen molar-refractivity contribution in [1.82, 2.24) is 0 Å². The molecular formula is C24H23NO3S2. The van der Waals surface area contributed by atoms with Gasteiger partial charge >= 0.3 is 0 Å². The Kier molecular flexibility index (Phi) is 4.95. The molecule has 6 heteroatoms. The second kappa shape index (κ2) is 7.22. The Hall–Kier alpha value is -2.70. The van der Waals surface area contributed by atoms with Crippen LogP contribution in [0.15, 0.2) is 24.3 Å². The number of phenols is 1. The molecule has 0 radical (unpaired) electrons. The van der Waals surface area contributed by atoms with Crippen LogP contribution in [0.25, 0.3) is 11.1 Å². The molecule has 4 rings (SSSR count). The van der Waals surface area contributed by atoms with Gasteiger partial charge in [-0.25, -0.2) is 4.90 Å². The van der Waals surface area contributed by atoms with Crippen LogP contribution < -0.4 is 4.90 Å². The van der Waals surface area contributed by atoms with Gasteiger partial charge in [0.05, 0.1) is 16.8 Å². The Morgan fingerprint density at radius 2 is 1.07 bits per heavy atom. The van der Waals surface area contributed by atoms with E-state index >= 15 is 0 Å². The predicted octanol–water partition coefficient (Wildman–Crippen LogP) is 5.85. The van der Waals surface area contributed by atoms with E-state index in [1.807, 2.05) is 41.5 Å². The first-order valence-corrected chi connectivity index (χ1v) is 11.3. The third-order valence-electron chi connectivity index (χ3n) is 5.81. The zero-order valence-electron chi connectivity index (χ0n) is 17.8. The number of aromatic hydroxyl groups is 1. The molecule has 1 aromatic carbocycles. The molecule has 0 aliphatic carbocycles. The van der Waals surface area contributed by atoms with E-state index in [1.54, 1.807) is 34.8 Å². The smallest absolute Gasteiger partial charge is 0.266 e. The average molecular weight is 438 g/mol. The van der Waals surface area contributed by atoms with Crippen LogP contribution in [0.3, 0.4) is 0 Å². The van der Waals surface area contributed by atoms with Crippen molar-refractivity contribution < 1.29 is 14.7 Å². The summed E-state index contributed by atoms with van der Waals surface area (Å²) in [7, 11) is 0. The fourth-order valence-corrected chi connectivity index (χ4v) is 6.29. The topological polar surface area (TPSA) is 57.6 Å². The van der Waals surface area contributed by atoms with E-state index in [2.05, 4.69) is 0 Å². The van der Waals surface area contributed by atoms with Gasteiger partial charge in [-0.15, -0.1) is 22.7 Å². The van der Waals surface area contributed by atoms with Crippen LogP contribution >= 0.6 is 22.7 Å². The highest BCUT2D eigenvalue weighted by molar-refractivity contribution is 7.12. The summed E-state index contributed by atoms with van der Waals surface area (Å²) in [5, 5.41) is 9.65. The van der Waals surface area contributed by atoms with Crippen molar-refractivity contribution in [2.45, 2.75) is 41.5 Å². The van der Waals surface area contributed by atoms with E-state index in [4.69, 9.17) is 0 Å². The van der Waals surface area contributed by atoms with Gasteiger partial charge in [-0.05, 0) is 76.9 Å². The van der Waals surface area contributed by atoms with Crippen molar-refractivity contribution in [3.05, 3.63) is 66.0 Å². The molecule has 1 aliphatic rings. The summed E-state index contributed by atoms with van der Waals surface area (Å²) in [6.07, 6.45) is 0. The first-order valence-electron chi connectivity index (χ1n) is 9.69. The second-order valence-electron chi connectivity index (χ2n) is 7.64. The number of benzene rings is 1. The van der Waals surface area contributed by atoms with E-state index in [0.29, 0.717) is 16.8 Å². The lowest BCUT2D eigenvalue weighted by Gasteiger charge is -2.15. The van der Waals surface area contributed by atoms with Crippen LogP contribution in [0, 0.1) is 41.5 Å². The van der Waals surface area contributed by atoms with Crippen LogP contribution in [0.2, 0.25) is 0 Å². The van der Waals surface area contributed by atoms with Gasteiger partial charge in [0.15, 0.2) is 0 Å². The molecule has 0 atom stereocenters. The quantitative estimate of drug-likeness (QED) is 0.523. The lowest BCUT2D eigenvalue weighted by Crippen LogP contribution is -2.31. The molecule has 4 nitrogen and oxygen atoms in total. The Bertz CT molecular complexity index is 1170. The third-order valence-corrected chi connectivity index (χ3v) is 8.06. The van der Waals surface area contributed by atoms with Crippen molar-refractivity contribution >= 4 is 51.3 Å². The van der Waals surface area contributed by atoms with Crippen LogP contribution in [0.4, 0.5) is 5.69 Å². The molecule has 1 N–H and O–H groups in total. The highest BCUT2D eigenvalue weighted by Crippen LogP contribution is 2.46. The molecule has 3 aromatic rings. The fourth-order valence-electron chi connectivity index (χ4n) is 4.15. The number of carbonyl (C=O) groups is 2. The van der Waals surface area contributed by atoms with E-state index in [0.717, 1.165) is 41.8 Å². The Balaban J connectivity index is 2.03. The SMILES string of the molecule is Cc1sc(C)c(C2=C(c3c(C)sc(C)c3C)C(=O)N(c3ccc(O)cc3)C2=O)c1C. The van der Waals surface area contributed by atoms with Crippen molar-refractivity contribution in [3.8, 4) is 5.75 Å². The first kappa shape index (κ1) is 20.6. The molecule has 2 amide bonds. The van der Waals surface area contributed by atoms with Crippen LogP contribution in [-0.2, 0) is 9.59 Å². The Labute approximate surface area is 184 Å². The lowest BCUT2D eigenvalue weighted by molar-refractivity contribution is -0.119. The zero-order valence-corrected chi connectivity index (χ0v) is 19.5. The number of imide groups is 1. The van der Waals surface area contributed by atoms with Gasteiger partial charge in [0, 0.05) is 30.6 Å². The normalized spacial score (nSPS) is 14.4. The second-order valence-corrected chi connectivity index (χ2v) is 10.5. The molecule has 154 valence electrons. The highest BCUT2D eigenvalue weighted by atomic mass is 32.1. The number of aryl methyl sites for hydroxylation is 4. The maximum absolute atomic E-state index is 13.7. The molecule has 0 fully saturated rings. The van der Waals surface area contributed by atoms with Gasteiger partial charge < -0.3 is 5.11 Å². The standard InChI is InChI=1S/C24H23NO3S2/c1-11-13(3)29-15(5)19(11)21-22(20-12(2)14(4)30-16(20)6)24(28)25(23(21)27)17-7-9-18(26)10-8-17/h7-10,26H,1-6H3. The fraction of sp³-hybridized carbons (Fsp3) is 0.250. The van der Waals surface area contributed by atoms with Crippen LogP contribution in [0.5, 0.6) is 5.75 Å². The van der Waals surface area contributed by atoms with Gasteiger partial charge in [0.25, 0.3) is 11.8 Å². The van der Waals surface area contributed by atoms with Crippen molar-refractivity contribution in [2.24, 2.45) is 0 Å². The van der Waals surface area contributed by atoms with Gasteiger partial charge in [-0.3, -0.25) is 9.59 Å². The monoisotopic (exact) mass is 437 g/mol. The highest BCUT2D eigenvalue weighted by Gasteiger charge is 2.43. The molecule has 0 unspecified atom stereocenters. The van der Waals surface area contributed by atoms with Gasteiger partial charge in [0.1, 0.15) is 5.75 Å². The van der Waals surface area contributed by atoms with Gasteiger partial charge in [-0.2, -0.15) is 0 Å². The third kappa shape index (κ3) is 2.94. The van der Waals surface area contributed by atoms with Crippen molar-refractivity contribution in [1.29, 1.82) is 0 Å². The number of rotatable bonds is 3. The van der Waals surface area contributed by atoms with Gasteiger partial charge in [0.2, 0.25) is 0 Å². The summed E-state index contributed by atoms with van der Waals surface area (Å²) in [6.45, 7) is 12.1. The van der Waals surface area contributed by atoms with E-state index in [1.165, 1.54) is 17.0 Å². The summed E-state index contributed by atoms with van der Waals surface area (Å²) in [4.78, 5) is 33.0. The van der Waals surface area contributed by atoms with E-state index < -0.39 is 0 Å². The summed E-state index contributed by atoms with van der Waals surface area (Å²) in [5.41, 5.74) is 5.25. The molecule has 30 heavy (non-hydrogen) atoms. The number of phenolic OH excluding ortho intramolecular Hbond substituents is 1. The maximum Gasteiger partial charge on any atom is 0.266 e. The number of nitrogens with zero attached hydrogens (tertiary/aromatic N) is 1. The minimum Gasteiger partial charge on any atom is -0.508 e. The average Bonchev–Trinajstić information content (AvgIpc) is 3.18. The maximum atomic E-state index is 13.7. The molecule has 0 saturated carbocycles. The van der Waals surface area contributed by atoms with Crippen molar-refractivity contribution in [3.63, 3.8) is 0 Å².